The standard InChI is InChI=1S/C15H22ClFN2O/c1-2-20-12-5-7-19(8-6-12)15(10-18)13-9-11(16)3-4-14(13)17/h3-4,9,12,15H,2,5-8,10,18H2,1H3. The van der Waals surface area contributed by atoms with Crippen molar-refractivity contribution >= 4 is 11.6 Å². The van der Waals surface area contributed by atoms with Crippen LogP contribution in [0.1, 0.15) is 31.4 Å². The molecular weight excluding hydrogens is 279 g/mol. The second-order valence-electron chi connectivity index (χ2n) is 5.11. The van der Waals surface area contributed by atoms with Crippen LogP contribution in [-0.2, 0) is 4.74 Å². The van der Waals surface area contributed by atoms with Crippen LogP contribution in [0.3, 0.4) is 0 Å². The summed E-state index contributed by atoms with van der Waals surface area (Å²) in [5.74, 6) is -0.239. The Morgan fingerprint density at radius 3 is 2.75 bits per heavy atom. The quantitative estimate of drug-likeness (QED) is 0.908. The number of likely N-dealkylation sites (tertiary alicyclic amines) is 1. The molecule has 1 unspecified atom stereocenters. The van der Waals surface area contributed by atoms with Crippen LogP contribution in [-0.4, -0.2) is 37.2 Å². The van der Waals surface area contributed by atoms with E-state index in [0.717, 1.165) is 32.5 Å². The van der Waals surface area contributed by atoms with Gasteiger partial charge in [-0.2, -0.15) is 0 Å². The van der Waals surface area contributed by atoms with Gasteiger partial charge in [0.05, 0.1) is 6.10 Å². The molecule has 1 saturated heterocycles. The molecule has 0 spiro atoms. The highest BCUT2D eigenvalue weighted by Crippen LogP contribution is 2.28. The summed E-state index contributed by atoms with van der Waals surface area (Å²) in [5, 5.41) is 0.545. The van der Waals surface area contributed by atoms with E-state index in [9.17, 15) is 4.39 Å². The molecule has 1 aliphatic rings. The summed E-state index contributed by atoms with van der Waals surface area (Å²) in [5.41, 5.74) is 6.46. The highest BCUT2D eigenvalue weighted by Gasteiger charge is 2.27. The Hall–Kier alpha value is -0.680. The second-order valence-corrected chi connectivity index (χ2v) is 5.54. The summed E-state index contributed by atoms with van der Waals surface area (Å²) in [6, 6.07) is 4.54. The fourth-order valence-corrected chi connectivity index (χ4v) is 3.01. The topological polar surface area (TPSA) is 38.5 Å². The predicted molar refractivity (Wildman–Crippen MR) is 79.4 cm³/mol. The van der Waals surface area contributed by atoms with Gasteiger partial charge in [0.15, 0.2) is 0 Å². The molecule has 1 aromatic carbocycles. The normalized spacial score (nSPS) is 19.2. The van der Waals surface area contributed by atoms with Gasteiger partial charge in [0.25, 0.3) is 0 Å². The van der Waals surface area contributed by atoms with Crippen molar-refractivity contribution in [2.24, 2.45) is 5.73 Å². The van der Waals surface area contributed by atoms with Gasteiger partial charge in [0, 0.05) is 42.9 Å². The summed E-state index contributed by atoms with van der Waals surface area (Å²) < 4.78 is 19.6. The molecule has 1 aliphatic heterocycles. The first-order chi connectivity index (χ1) is 9.65. The fourth-order valence-electron chi connectivity index (χ4n) is 2.83. The molecule has 2 N–H and O–H groups in total. The number of benzene rings is 1. The molecule has 0 saturated carbocycles. The molecule has 5 heteroatoms. The van der Waals surface area contributed by atoms with Gasteiger partial charge >= 0.3 is 0 Å². The van der Waals surface area contributed by atoms with Gasteiger partial charge in [0.1, 0.15) is 5.82 Å². The van der Waals surface area contributed by atoms with Crippen LogP contribution in [0.4, 0.5) is 4.39 Å². The first kappa shape index (κ1) is 15.7. The lowest BCUT2D eigenvalue weighted by Crippen LogP contribution is -2.42. The van der Waals surface area contributed by atoms with Crippen LogP contribution < -0.4 is 5.73 Å². The van der Waals surface area contributed by atoms with Crippen molar-refractivity contribution in [3.8, 4) is 0 Å². The number of hydrogen-bond acceptors (Lipinski definition) is 3. The van der Waals surface area contributed by atoms with Crippen LogP contribution in [0.25, 0.3) is 0 Å². The van der Waals surface area contributed by atoms with Gasteiger partial charge in [-0.1, -0.05) is 11.6 Å². The summed E-state index contributed by atoms with van der Waals surface area (Å²) in [6.07, 6.45) is 2.25. The Morgan fingerprint density at radius 2 is 2.15 bits per heavy atom. The Bertz CT molecular complexity index is 436. The van der Waals surface area contributed by atoms with Gasteiger partial charge in [-0.25, -0.2) is 4.39 Å². The number of hydrogen-bond donors (Lipinski definition) is 1. The molecule has 1 fully saturated rings. The molecular formula is C15H22ClFN2O. The Labute approximate surface area is 124 Å². The van der Waals surface area contributed by atoms with Crippen LogP contribution in [0.5, 0.6) is 0 Å². The van der Waals surface area contributed by atoms with Gasteiger partial charge in [-0.3, -0.25) is 4.90 Å². The molecule has 112 valence electrons. The van der Waals surface area contributed by atoms with Crippen LogP contribution >= 0.6 is 11.6 Å². The average molecular weight is 301 g/mol. The maximum atomic E-state index is 14.0. The molecule has 20 heavy (non-hydrogen) atoms. The van der Waals surface area contributed by atoms with Gasteiger partial charge in [-0.05, 0) is 38.0 Å². The zero-order chi connectivity index (χ0) is 14.5. The van der Waals surface area contributed by atoms with Crippen molar-refractivity contribution in [2.75, 3.05) is 26.2 Å². The molecule has 0 aliphatic carbocycles. The monoisotopic (exact) mass is 300 g/mol. The van der Waals surface area contributed by atoms with Crippen LogP contribution in [0.2, 0.25) is 5.02 Å². The first-order valence-corrected chi connectivity index (χ1v) is 7.54. The number of rotatable bonds is 5. The predicted octanol–water partition coefficient (Wildman–Crippen LogP) is 2.98. The van der Waals surface area contributed by atoms with Gasteiger partial charge in [0.2, 0.25) is 0 Å². The van der Waals surface area contributed by atoms with Gasteiger partial charge < -0.3 is 10.5 Å². The lowest BCUT2D eigenvalue weighted by atomic mass is 10.00. The summed E-state index contributed by atoms with van der Waals surface area (Å²) in [7, 11) is 0. The minimum atomic E-state index is -0.239. The minimum Gasteiger partial charge on any atom is -0.378 e. The Balaban J connectivity index is 2.07. The number of nitrogens with zero attached hydrogens (tertiary/aromatic N) is 1. The van der Waals surface area contributed by atoms with E-state index in [0.29, 0.717) is 23.2 Å². The SMILES string of the molecule is CCOC1CCN(C(CN)c2cc(Cl)ccc2F)CC1. The molecule has 0 radical (unpaired) electrons. The summed E-state index contributed by atoms with van der Waals surface area (Å²) in [6.45, 7) is 4.89. The maximum absolute atomic E-state index is 14.0. The van der Waals surface area contributed by atoms with Crippen LogP contribution in [0.15, 0.2) is 18.2 Å². The third kappa shape index (κ3) is 3.70. The maximum Gasteiger partial charge on any atom is 0.128 e. The Morgan fingerprint density at radius 1 is 1.45 bits per heavy atom. The molecule has 2 rings (SSSR count). The van der Waals surface area contributed by atoms with Crippen LogP contribution in [0, 0.1) is 5.82 Å². The lowest BCUT2D eigenvalue weighted by molar-refractivity contribution is 0.00419. The van der Waals surface area contributed by atoms with Crippen molar-refractivity contribution in [3.05, 3.63) is 34.6 Å². The molecule has 0 aromatic heterocycles. The molecule has 1 atom stereocenters. The smallest absolute Gasteiger partial charge is 0.128 e. The van der Waals surface area contributed by atoms with E-state index in [1.54, 1.807) is 12.1 Å². The van der Waals surface area contributed by atoms with Crippen molar-refractivity contribution < 1.29 is 9.13 Å². The molecule has 0 bridgehead atoms. The average Bonchev–Trinajstić information content (AvgIpc) is 2.45. The molecule has 0 amide bonds. The van der Waals surface area contributed by atoms with Crippen molar-refractivity contribution in [2.45, 2.75) is 31.9 Å². The summed E-state index contributed by atoms with van der Waals surface area (Å²) >= 11 is 5.98. The number of nitrogens with two attached hydrogens (primary N) is 1. The number of piperidine rings is 1. The first-order valence-electron chi connectivity index (χ1n) is 7.16. The lowest BCUT2D eigenvalue weighted by Gasteiger charge is -2.37. The zero-order valence-electron chi connectivity index (χ0n) is 11.8. The zero-order valence-corrected chi connectivity index (χ0v) is 12.6. The van der Waals surface area contributed by atoms with Crippen molar-refractivity contribution in [1.82, 2.24) is 4.90 Å². The van der Waals surface area contributed by atoms with E-state index in [4.69, 9.17) is 22.1 Å². The van der Waals surface area contributed by atoms with Crippen molar-refractivity contribution in [3.63, 3.8) is 0 Å². The van der Waals surface area contributed by atoms with Gasteiger partial charge in [-0.15, -0.1) is 0 Å². The second kappa shape index (κ2) is 7.36. The van der Waals surface area contributed by atoms with E-state index < -0.39 is 0 Å². The highest BCUT2D eigenvalue weighted by atomic mass is 35.5. The Kier molecular flexibility index (Phi) is 5.78. The third-order valence-electron chi connectivity index (χ3n) is 3.86. The summed E-state index contributed by atoms with van der Waals surface area (Å²) in [4.78, 5) is 2.23. The van der Waals surface area contributed by atoms with E-state index in [1.807, 2.05) is 6.92 Å². The van der Waals surface area contributed by atoms with E-state index in [2.05, 4.69) is 4.90 Å². The third-order valence-corrected chi connectivity index (χ3v) is 4.10. The van der Waals surface area contributed by atoms with E-state index in [1.165, 1.54) is 6.07 Å². The highest BCUT2D eigenvalue weighted by molar-refractivity contribution is 6.30. The fraction of sp³-hybridized carbons (Fsp3) is 0.600. The number of halogens is 2. The number of ether oxygens (including phenoxy) is 1. The largest absolute Gasteiger partial charge is 0.378 e. The molecule has 3 nitrogen and oxygen atoms in total. The molecule has 1 aromatic rings. The van der Waals surface area contributed by atoms with E-state index >= 15 is 0 Å². The van der Waals surface area contributed by atoms with E-state index in [-0.39, 0.29) is 11.9 Å². The minimum absolute atomic E-state index is 0.115. The van der Waals surface area contributed by atoms with Crippen molar-refractivity contribution in [1.29, 1.82) is 0 Å². The molecule has 1 heterocycles.